The Kier molecular flexibility index (Phi) is 10.0. The van der Waals surface area contributed by atoms with E-state index < -0.39 is 71.4 Å². The van der Waals surface area contributed by atoms with Gasteiger partial charge in [0, 0.05) is 26.1 Å². The summed E-state index contributed by atoms with van der Waals surface area (Å²) in [5.74, 6) is -0.370. The predicted molar refractivity (Wildman–Crippen MR) is 162 cm³/mol. The van der Waals surface area contributed by atoms with Crippen LogP contribution in [0, 0.1) is 46.3 Å². The van der Waals surface area contributed by atoms with Gasteiger partial charge in [-0.2, -0.15) is 0 Å². The van der Waals surface area contributed by atoms with Crippen LogP contribution in [0.15, 0.2) is 11.6 Å². The molecule has 3 saturated carbocycles. The van der Waals surface area contributed by atoms with Crippen molar-refractivity contribution < 1.29 is 50.0 Å². The van der Waals surface area contributed by atoms with Crippen molar-refractivity contribution in [2.24, 2.45) is 46.3 Å². The van der Waals surface area contributed by atoms with Gasteiger partial charge in [-0.05, 0) is 84.5 Å². The largest absolute Gasteiger partial charge is 0.396 e. The third-order valence-electron chi connectivity index (χ3n) is 13.1. The molecule has 4 aliphatic carbocycles. The molecule has 0 radical (unpaired) electrons. The molecule has 1 heterocycles. The van der Waals surface area contributed by atoms with Crippen molar-refractivity contribution >= 4 is 0 Å². The second kappa shape index (κ2) is 12.7. The molecule has 0 unspecified atom stereocenters. The molecule has 0 bridgehead atoms. The van der Waals surface area contributed by atoms with Gasteiger partial charge >= 0.3 is 0 Å². The Balaban J connectivity index is 1.37. The molecule has 0 aromatic carbocycles. The molecule has 1 aliphatic heterocycles. The Labute approximate surface area is 262 Å². The maximum atomic E-state index is 12.7. The SMILES string of the molecule is CO[C@H]1[C@H](O[C@@H]2C=C3[C@H](O)C[C@@]4(O)[C@@H]5[C@@H](O)[C@H](O)[C@H]([C@H](C)CC[C@H](CO)C(C)C)[C@@]5(C)CC[C@@H]4[C@@]3(C)CC2)OC[C@@H](O)[C@@H]1O. The molecular weight excluding hydrogens is 568 g/mol. The maximum absolute atomic E-state index is 12.7. The third kappa shape index (κ3) is 5.53. The zero-order valence-electron chi connectivity index (χ0n) is 27.4. The van der Waals surface area contributed by atoms with Gasteiger partial charge in [0.1, 0.15) is 18.3 Å². The first kappa shape index (κ1) is 34.7. The molecule has 5 aliphatic rings. The average molecular weight is 627 g/mol. The number of fused-ring (bicyclic) bond motifs is 5. The molecule has 1 saturated heterocycles. The van der Waals surface area contributed by atoms with E-state index in [2.05, 4.69) is 34.6 Å². The summed E-state index contributed by atoms with van der Waals surface area (Å²) in [6.07, 6.45) is -0.986. The Morgan fingerprint density at radius 2 is 1.68 bits per heavy atom. The van der Waals surface area contributed by atoms with Crippen molar-refractivity contribution in [3.8, 4) is 0 Å². The smallest absolute Gasteiger partial charge is 0.187 e. The molecular formula is C34H58O10. The number of rotatable bonds is 9. The normalized spacial score (nSPS) is 50.4. The lowest BCUT2D eigenvalue weighted by molar-refractivity contribution is -0.285. The summed E-state index contributed by atoms with van der Waals surface area (Å²) in [6.45, 7) is 10.6. The minimum Gasteiger partial charge on any atom is -0.396 e. The van der Waals surface area contributed by atoms with Crippen LogP contribution in [0.1, 0.15) is 79.6 Å². The highest BCUT2D eigenvalue weighted by atomic mass is 16.7. The molecule has 0 spiro atoms. The summed E-state index contributed by atoms with van der Waals surface area (Å²) in [4.78, 5) is 0. The molecule has 10 heteroatoms. The van der Waals surface area contributed by atoms with Gasteiger partial charge in [0.05, 0.1) is 36.6 Å². The fourth-order valence-corrected chi connectivity index (χ4v) is 10.7. The van der Waals surface area contributed by atoms with Gasteiger partial charge in [0.25, 0.3) is 0 Å². The molecule has 44 heavy (non-hydrogen) atoms. The summed E-state index contributed by atoms with van der Waals surface area (Å²) < 4.78 is 17.3. The highest BCUT2D eigenvalue weighted by molar-refractivity contribution is 5.33. The molecule has 7 N–H and O–H groups in total. The van der Waals surface area contributed by atoms with Crippen molar-refractivity contribution in [1.29, 1.82) is 0 Å². The molecule has 5 rings (SSSR count). The fraction of sp³-hybridized carbons (Fsp3) is 0.941. The number of hydrogen-bond acceptors (Lipinski definition) is 10. The summed E-state index contributed by atoms with van der Waals surface area (Å²) in [7, 11) is 1.43. The second-order valence-electron chi connectivity index (χ2n) is 15.7. The molecule has 0 aromatic rings. The van der Waals surface area contributed by atoms with Crippen LogP contribution < -0.4 is 0 Å². The second-order valence-corrected chi connectivity index (χ2v) is 15.7. The lowest BCUT2D eigenvalue weighted by atomic mass is 9.43. The van der Waals surface area contributed by atoms with Gasteiger partial charge in [0.15, 0.2) is 6.29 Å². The fourth-order valence-electron chi connectivity index (χ4n) is 10.7. The molecule has 16 atom stereocenters. The molecule has 10 nitrogen and oxygen atoms in total. The Hall–Kier alpha value is -0.660. The number of methoxy groups -OCH3 is 1. The minimum atomic E-state index is -1.36. The molecule has 4 fully saturated rings. The standard InChI is InChI=1S/C34H58O10/c1-17(2)19(15-35)8-7-18(3)25-27(39)28(40)30-33(25,5)12-10-24-32(4)11-9-20(13-21(32)22(36)14-34(24,30)41)44-31-29(42-6)26(38)23(37)16-43-31/h13,17-20,22-31,35-41H,7-12,14-16H2,1-6H3/t18-,19-,20+,22-,23-,24-,25+,26+,27-,28+,29-,30-,31+,32+,33-,34+/m1/s1. The monoisotopic (exact) mass is 626 g/mol. The van der Waals surface area contributed by atoms with Gasteiger partial charge in [0.2, 0.25) is 0 Å². The van der Waals surface area contributed by atoms with E-state index in [0.717, 1.165) is 24.8 Å². The van der Waals surface area contributed by atoms with Crippen LogP contribution in [0.4, 0.5) is 0 Å². The van der Waals surface area contributed by atoms with Crippen LogP contribution in [-0.2, 0) is 14.2 Å². The number of aliphatic hydroxyl groups excluding tert-OH is 6. The van der Waals surface area contributed by atoms with Crippen LogP contribution in [0.25, 0.3) is 0 Å². The van der Waals surface area contributed by atoms with Crippen molar-refractivity contribution in [1.82, 2.24) is 0 Å². The molecule has 0 aromatic heterocycles. The molecule has 0 amide bonds. The maximum Gasteiger partial charge on any atom is 0.187 e. The zero-order chi connectivity index (χ0) is 32.4. The van der Waals surface area contributed by atoms with E-state index in [4.69, 9.17) is 14.2 Å². The quantitative estimate of drug-likeness (QED) is 0.187. The lowest BCUT2D eigenvalue weighted by Crippen LogP contribution is -2.66. The van der Waals surface area contributed by atoms with E-state index in [-0.39, 0.29) is 43.3 Å². The van der Waals surface area contributed by atoms with Crippen LogP contribution in [0.2, 0.25) is 0 Å². The van der Waals surface area contributed by atoms with E-state index in [1.807, 2.05) is 6.08 Å². The Morgan fingerprint density at radius 3 is 2.32 bits per heavy atom. The van der Waals surface area contributed by atoms with Gasteiger partial charge in [-0.1, -0.05) is 40.7 Å². The zero-order valence-corrected chi connectivity index (χ0v) is 27.4. The third-order valence-corrected chi connectivity index (χ3v) is 13.1. The Bertz CT molecular complexity index is 1040. The Morgan fingerprint density at radius 1 is 0.977 bits per heavy atom. The van der Waals surface area contributed by atoms with Crippen LogP contribution >= 0.6 is 0 Å². The van der Waals surface area contributed by atoms with Crippen molar-refractivity contribution in [2.75, 3.05) is 20.3 Å². The summed E-state index contributed by atoms with van der Waals surface area (Å²) in [5.41, 5.74) is -1.58. The lowest BCUT2D eigenvalue weighted by Gasteiger charge is -2.64. The predicted octanol–water partition coefficient (Wildman–Crippen LogP) is 1.75. The number of ether oxygens (including phenoxy) is 3. The minimum absolute atomic E-state index is 0.0713. The topological polar surface area (TPSA) is 169 Å². The first-order valence-corrected chi connectivity index (χ1v) is 16.9. The van der Waals surface area contributed by atoms with Gasteiger partial charge < -0.3 is 50.0 Å². The van der Waals surface area contributed by atoms with E-state index in [0.29, 0.717) is 25.2 Å². The average Bonchev–Trinajstić information content (AvgIpc) is 3.16. The van der Waals surface area contributed by atoms with E-state index >= 15 is 0 Å². The summed E-state index contributed by atoms with van der Waals surface area (Å²) >= 11 is 0. The van der Waals surface area contributed by atoms with Gasteiger partial charge in [-0.15, -0.1) is 0 Å². The summed E-state index contributed by atoms with van der Waals surface area (Å²) in [5, 5.41) is 77.7. The number of aliphatic hydroxyl groups is 7. The van der Waals surface area contributed by atoms with Gasteiger partial charge in [-0.25, -0.2) is 0 Å². The first-order chi connectivity index (χ1) is 20.6. The van der Waals surface area contributed by atoms with Crippen LogP contribution in [0.5, 0.6) is 0 Å². The van der Waals surface area contributed by atoms with E-state index in [1.54, 1.807) is 0 Å². The van der Waals surface area contributed by atoms with E-state index in [9.17, 15) is 35.7 Å². The first-order valence-electron chi connectivity index (χ1n) is 16.9. The van der Waals surface area contributed by atoms with Crippen molar-refractivity contribution in [3.63, 3.8) is 0 Å². The summed E-state index contributed by atoms with van der Waals surface area (Å²) in [6, 6.07) is 0. The van der Waals surface area contributed by atoms with Crippen LogP contribution in [-0.4, -0.2) is 111 Å². The van der Waals surface area contributed by atoms with E-state index in [1.165, 1.54) is 7.11 Å². The van der Waals surface area contributed by atoms with Gasteiger partial charge in [-0.3, -0.25) is 0 Å². The number of hydrogen-bond donors (Lipinski definition) is 7. The highest BCUT2D eigenvalue weighted by Gasteiger charge is 2.72. The molecule has 254 valence electrons. The van der Waals surface area contributed by atoms with Crippen molar-refractivity contribution in [2.45, 2.75) is 134 Å². The van der Waals surface area contributed by atoms with Crippen LogP contribution in [0.3, 0.4) is 0 Å². The highest BCUT2D eigenvalue weighted by Crippen LogP contribution is 2.69. The van der Waals surface area contributed by atoms with Crippen molar-refractivity contribution in [3.05, 3.63) is 11.6 Å².